The fourth-order valence-corrected chi connectivity index (χ4v) is 3.94. The smallest absolute Gasteiger partial charge is 0.338 e. The second kappa shape index (κ2) is 10.3. The zero-order valence-corrected chi connectivity index (χ0v) is 20.1. The van der Waals surface area contributed by atoms with E-state index in [4.69, 9.17) is 19.2 Å². The molecule has 8 nitrogen and oxygen atoms in total. The zero-order chi connectivity index (χ0) is 24.9. The first-order valence-corrected chi connectivity index (χ1v) is 11.2. The number of anilines is 1. The molecule has 4 rings (SSSR count). The molecule has 180 valence electrons. The van der Waals surface area contributed by atoms with Crippen LogP contribution >= 0.6 is 0 Å². The third kappa shape index (κ3) is 4.68. The molecule has 0 radical (unpaired) electrons. The molecule has 8 heteroatoms. The van der Waals surface area contributed by atoms with Gasteiger partial charge in [0.05, 0.1) is 25.5 Å². The molecular formula is C27H27N3O5. The first-order chi connectivity index (χ1) is 17.0. The van der Waals surface area contributed by atoms with Crippen LogP contribution in [0.5, 0.6) is 11.5 Å². The lowest BCUT2D eigenvalue weighted by molar-refractivity contribution is 0.0597. The number of carbonyl (C=O) groups excluding carboxylic acids is 2. The van der Waals surface area contributed by atoms with Crippen molar-refractivity contribution in [3.8, 4) is 11.5 Å². The summed E-state index contributed by atoms with van der Waals surface area (Å²) in [7, 11) is 4.64. The monoisotopic (exact) mass is 473 g/mol. The van der Waals surface area contributed by atoms with Gasteiger partial charge in [-0.15, -0.1) is 0 Å². The van der Waals surface area contributed by atoms with Crippen LogP contribution in [-0.2, 0) is 17.8 Å². The minimum absolute atomic E-state index is 0.160. The molecule has 35 heavy (non-hydrogen) atoms. The highest BCUT2D eigenvalue weighted by molar-refractivity contribution is 6.06. The SMILES string of the molecule is CCc1nc2c(OCc3ccccc3C(=O)OC)cccn2c1N(C)C(=O)c1cccc(OC)c1. The average Bonchev–Trinajstić information content (AvgIpc) is 3.30. The first-order valence-electron chi connectivity index (χ1n) is 11.2. The number of rotatable bonds is 8. The Morgan fingerprint density at radius 3 is 2.57 bits per heavy atom. The van der Waals surface area contributed by atoms with Gasteiger partial charge in [0.2, 0.25) is 0 Å². The van der Waals surface area contributed by atoms with E-state index in [9.17, 15) is 9.59 Å². The van der Waals surface area contributed by atoms with Crippen molar-refractivity contribution in [2.24, 2.45) is 0 Å². The lowest BCUT2D eigenvalue weighted by Gasteiger charge is -2.19. The number of fused-ring (bicyclic) bond motifs is 1. The summed E-state index contributed by atoms with van der Waals surface area (Å²) in [6.45, 7) is 2.15. The lowest BCUT2D eigenvalue weighted by atomic mass is 10.1. The second-order valence-electron chi connectivity index (χ2n) is 7.84. The quantitative estimate of drug-likeness (QED) is 0.349. The molecule has 2 heterocycles. The van der Waals surface area contributed by atoms with Crippen molar-refractivity contribution in [1.29, 1.82) is 0 Å². The number of carbonyl (C=O) groups is 2. The Morgan fingerprint density at radius 1 is 1.03 bits per heavy atom. The summed E-state index contributed by atoms with van der Waals surface area (Å²) in [5.41, 5.74) is 3.00. The van der Waals surface area contributed by atoms with Crippen molar-refractivity contribution < 1.29 is 23.8 Å². The van der Waals surface area contributed by atoms with E-state index < -0.39 is 5.97 Å². The number of amides is 1. The number of ether oxygens (including phenoxy) is 3. The summed E-state index contributed by atoms with van der Waals surface area (Å²) in [5, 5.41) is 0. The Hall–Kier alpha value is -4.33. The number of aromatic nitrogens is 2. The Morgan fingerprint density at radius 2 is 1.83 bits per heavy atom. The Kier molecular flexibility index (Phi) is 7.01. The molecule has 1 amide bonds. The molecule has 2 aromatic heterocycles. The van der Waals surface area contributed by atoms with Crippen LogP contribution in [0.4, 0.5) is 5.82 Å². The van der Waals surface area contributed by atoms with Crippen LogP contribution in [0.15, 0.2) is 66.9 Å². The van der Waals surface area contributed by atoms with Crippen molar-refractivity contribution in [3.63, 3.8) is 0 Å². The highest BCUT2D eigenvalue weighted by Crippen LogP contribution is 2.30. The maximum Gasteiger partial charge on any atom is 0.338 e. The van der Waals surface area contributed by atoms with Crippen molar-refractivity contribution in [1.82, 2.24) is 9.38 Å². The molecule has 0 N–H and O–H groups in total. The third-order valence-corrected chi connectivity index (χ3v) is 5.74. The Bertz CT molecular complexity index is 1380. The van der Waals surface area contributed by atoms with Gasteiger partial charge in [0, 0.05) is 24.4 Å². The molecule has 4 aromatic rings. The topological polar surface area (TPSA) is 82.4 Å². The highest BCUT2D eigenvalue weighted by atomic mass is 16.5. The number of aryl methyl sites for hydroxylation is 1. The van der Waals surface area contributed by atoms with Crippen LogP contribution in [0.25, 0.3) is 5.65 Å². The van der Waals surface area contributed by atoms with E-state index in [-0.39, 0.29) is 12.5 Å². The number of imidazole rings is 1. The summed E-state index contributed by atoms with van der Waals surface area (Å²) < 4.78 is 18.1. The van der Waals surface area contributed by atoms with E-state index in [0.29, 0.717) is 46.1 Å². The van der Waals surface area contributed by atoms with Gasteiger partial charge in [-0.25, -0.2) is 9.78 Å². The summed E-state index contributed by atoms with van der Waals surface area (Å²) in [5.74, 6) is 1.21. The molecule has 0 aliphatic rings. The van der Waals surface area contributed by atoms with Gasteiger partial charge in [-0.2, -0.15) is 0 Å². The van der Waals surface area contributed by atoms with Crippen LogP contribution in [0.3, 0.4) is 0 Å². The van der Waals surface area contributed by atoms with Crippen LogP contribution < -0.4 is 14.4 Å². The fourth-order valence-electron chi connectivity index (χ4n) is 3.94. The van der Waals surface area contributed by atoms with Gasteiger partial charge in [-0.1, -0.05) is 31.2 Å². The highest BCUT2D eigenvalue weighted by Gasteiger charge is 2.23. The number of benzene rings is 2. The van der Waals surface area contributed by atoms with Crippen molar-refractivity contribution in [3.05, 3.63) is 89.2 Å². The summed E-state index contributed by atoms with van der Waals surface area (Å²) in [6.07, 6.45) is 2.47. The van der Waals surface area contributed by atoms with Crippen LogP contribution in [0.1, 0.15) is 38.9 Å². The number of nitrogens with zero attached hydrogens (tertiary/aromatic N) is 3. The van der Waals surface area contributed by atoms with Crippen LogP contribution in [-0.4, -0.2) is 42.5 Å². The minimum Gasteiger partial charge on any atom is -0.497 e. The third-order valence-electron chi connectivity index (χ3n) is 5.74. The summed E-state index contributed by atoms with van der Waals surface area (Å²) >= 11 is 0. The van der Waals surface area contributed by atoms with Gasteiger partial charge < -0.3 is 14.2 Å². The normalized spacial score (nSPS) is 10.7. The fraction of sp³-hybridized carbons (Fsp3) is 0.222. The summed E-state index contributed by atoms with van der Waals surface area (Å²) in [6, 6.07) is 17.8. The largest absolute Gasteiger partial charge is 0.497 e. The Labute approximate surface area is 203 Å². The zero-order valence-electron chi connectivity index (χ0n) is 20.1. The Balaban J connectivity index is 1.68. The van der Waals surface area contributed by atoms with E-state index in [0.717, 1.165) is 5.69 Å². The van der Waals surface area contributed by atoms with E-state index in [1.807, 2.05) is 41.8 Å². The van der Waals surface area contributed by atoms with Gasteiger partial charge in [-0.3, -0.25) is 14.1 Å². The van der Waals surface area contributed by atoms with Gasteiger partial charge >= 0.3 is 5.97 Å². The molecule has 0 saturated heterocycles. The predicted octanol–water partition coefficient (Wildman–Crippen LogP) is 4.55. The van der Waals surface area contributed by atoms with Gasteiger partial charge in [0.25, 0.3) is 5.91 Å². The predicted molar refractivity (Wildman–Crippen MR) is 132 cm³/mol. The van der Waals surface area contributed by atoms with E-state index in [1.54, 1.807) is 55.5 Å². The minimum atomic E-state index is -0.420. The maximum absolute atomic E-state index is 13.3. The average molecular weight is 474 g/mol. The van der Waals surface area contributed by atoms with Crippen LogP contribution in [0, 0.1) is 0 Å². The number of methoxy groups -OCH3 is 2. The number of hydrogen-bond donors (Lipinski definition) is 0. The molecule has 0 unspecified atom stereocenters. The first kappa shape index (κ1) is 23.8. The lowest BCUT2D eigenvalue weighted by Crippen LogP contribution is -2.28. The molecule has 0 saturated carbocycles. The second-order valence-corrected chi connectivity index (χ2v) is 7.84. The maximum atomic E-state index is 13.3. The number of esters is 1. The molecule has 2 aromatic carbocycles. The van der Waals surface area contributed by atoms with Gasteiger partial charge in [0.15, 0.2) is 11.4 Å². The standard InChI is InChI=1S/C27H27N3O5/c1-5-22-25(29(2)26(31)18-11-8-12-20(16-18)33-3)30-15-9-14-23(24(30)28-22)35-17-19-10-6-7-13-21(19)27(32)34-4/h6-16H,5,17H2,1-4H3. The molecule has 0 atom stereocenters. The number of hydrogen-bond acceptors (Lipinski definition) is 6. The molecular weight excluding hydrogens is 446 g/mol. The van der Waals surface area contributed by atoms with Gasteiger partial charge in [-0.05, 0) is 42.8 Å². The molecule has 0 bridgehead atoms. The molecule has 0 aliphatic heterocycles. The number of pyridine rings is 1. The van der Waals surface area contributed by atoms with E-state index >= 15 is 0 Å². The van der Waals surface area contributed by atoms with E-state index in [1.165, 1.54) is 7.11 Å². The molecule has 0 fully saturated rings. The van der Waals surface area contributed by atoms with Crippen molar-refractivity contribution in [2.45, 2.75) is 20.0 Å². The van der Waals surface area contributed by atoms with Gasteiger partial charge in [0.1, 0.15) is 18.2 Å². The van der Waals surface area contributed by atoms with Crippen molar-refractivity contribution >= 4 is 23.3 Å². The van der Waals surface area contributed by atoms with Crippen molar-refractivity contribution in [2.75, 3.05) is 26.2 Å². The molecule has 0 spiro atoms. The molecule has 0 aliphatic carbocycles. The van der Waals surface area contributed by atoms with Crippen LogP contribution in [0.2, 0.25) is 0 Å². The summed E-state index contributed by atoms with van der Waals surface area (Å²) in [4.78, 5) is 31.8. The van der Waals surface area contributed by atoms with E-state index in [2.05, 4.69) is 0 Å².